The van der Waals surface area contributed by atoms with Gasteiger partial charge in [-0.3, -0.25) is 0 Å². The molecular formula is C23H21BCl2N6O2. The molecule has 6 aromatic heterocycles. The molecule has 0 bridgehead atoms. The van der Waals surface area contributed by atoms with E-state index in [-0.39, 0.29) is 5.59 Å². The van der Waals surface area contributed by atoms with Gasteiger partial charge in [0, 0.05) is 48.8 Å². The van der Waals surface area contributed by atoms with Gasteiger partial charge in [-0.05, 0) is 48.5 Å². The van der Waals surface area contributed by atoms with Crippen molar-refractivity contribution in [3.05, 3.63) is 83.5 Å². The molecule has 172 valence electrons. The van der Waals surface area contributed by atoms with Gasteiger partial charge in [-0.15, -0.1) is 0 Å². The minimum atomic E-state index is -1.50. The third-order valence-corrected chi connectivity index (χ3v) is 5.48. The van der Waals surface area contributed by atoms with Crippen LogP contribution < -0.4 is 5.59 Å². The second-order valence-corrected chi connectivity index (χ2v) is 8.25. The zero-order valence-electron chi connectivity index (χ0n) is 18.4. The summed E-state index contributed by atoms with van der Waals surface area (Å²) in [5, 5.41) is 22.1. The first kappa shape index (κ1) is 23.8. The van der Waals surface area contributed by atoms with E-state index in [0.29, 0.717) is 10.3 Å². The predicted molar refractivity (Wildman–Crippen MR) is 137 cm³/mol. The molecule has 0 atom stereocenters. The Morgan fingerprint density at radius 2 is 1.26 bits per heavy atom. The van der Waals surface area contributed by atoms with Crippen LogP contribution in [0.4, 0.5) is 0 Å². The normalized spacial score (nSPS) is 10.6. The van der Waals surface area contributed by atoms with Gasteiger partial charge in [-0.25, -0.2) is 15.0 Å². The molecule has 11 heteroatoms. The number of aromatic amines is 1. The average Bonchev–Trinajstić information content (AvgIpc) is 3.53. The van der Waals surface area contributed by atoms with Crippen molar-refractivity contribution in [3.8, 4) is 0 Å². The van der Waals surface area contributed by atoms with Crippen LogP contribution in [0.5, 0.6) is 0 Å². The fourth-order valence-electron chi connectivity index (χ4n) is 3.31. The lowest BCUT2D eigenvalue weighted by Crippen LogP contribution is -2.32. The number of aromatic nitrogens is 6. The van der Waals surface area contributed by atoms with Crippen LogP contribution in [-0.2, 0) is 14.1 Å². The van der Waals surface area contributed by atoms with Crippen molar-refractivity contribution in [2.75, 3.05) is 0 Å². The molecule has 3 N–H and O–H groups in total. The number of halogens is 2. The maximum atomic E-state index is 8.90. The lowest BCUT2D eigenvalue weighted by molar-refractivity contribution is 0.424. The van der Waals surface area contributed by atoms with Crippen molar-refractivity contribution in [2.45, 2.75) is 0 Å². The summed E-state index contributed by atoms with van der Waals surface area (Å²) in [6, 6.07) is 16.8. The second kappa shape index (κ2) is 10.3. The molecule has 0 saturated heterocycles. The largest absolute Gasteiger partial charge is 0.508 e. The number of rotatable bonds is 1. The predicted octanol–water partition coefficient (Wildman–Crippen LogP) is 3.70. The summed E-state index contributed by atoms with van der Waals surface area (Å²) in [6.07, 6.45) is 5.69. The lowest BCUT2D eigenvalue weighted by atomic mass is 9.86. The van der Waals surface area contributed by atoms with Gasteiger partial charge in [-0.1, -0.05) is 29.3 Å². The number of nitrogens with one attached hydrogen (secondary N) is 1. The zero-order valence-corrected chi connectivity index (χ0v) is 19.9. The Labute approximate surface area is 205 Å². The molecule has 0 aromatic carbocycles. The highest BCUT2D eigenvalue weighted by atomic mass is 35.5. The van der Waals surface area contributed by atoms with Crippen LogP contribution in [0.25, 0.3) is 33.1 Å². The van der Waals surface area contributed by atoms with Gasteiger partial charge < -0.3 is 24.2 Å². The lowest BCUT2D eigenvalue weighted by Gasteiger charge is -1.99. The van der Waals surface area contributed by atoms with Crippen molar-refractivity contribution in [3.63, 3.8) is 0 Å². The molecule has 0 unspecified atom stereocenters. The van der Waals surface area contributed by atoms with E-state index in [9.17, 15) is 0 Å². The van der Waals surface area contributed by atoms with Gasteiger partial charge in [0.25, 0.3) is 0 Å². The number of H-pyrrole nitrogens is 1. The van der Waals surface area contributed by atoms with Crippen molar-refractivity contribution in [1.29, 1.82) is 0 Å². The van der Waals surface area contributed by atoms with E-state index in [1.54, 1.807) is 18.2 Å². The van der Waals surface area contributed by atoms with Crippen LogP contribution in [0.1, 0.15) is 0 Å². The molecular weight excluding hydrogens is 474 g/mol. The van der Waals surface area contributed by atoms with Crippen molar-refractivity contribution in [2.24, 2.45) is 14.1 Å². The van der Waals surface area contributed by atoms with Gasteiger partial charge in [0.1, 0.15) is 27.2 Å². The van der Waals surface area contributed by atoms with Crippen molar-refractivity contribution in [1.82, 2.24) is 29.1 Å². The summed E-state index contributed by atoms with van der Waals surface area (Å²) in [5.74, 6) is 0. The molecule has 0 radical (unpaired) electrons. The van der Waals surface area contributed by atoms with Gasteiger partial charge in [0.15, 0.2) is 0 Å². The second-order valence-electron chi connectivity index (χ2n) is 7.47. The quantitative estimate of drug-likeness (QED) is 0.239. The first-order chi connectivity index (χ1) is 16.3. The van der Waals surface area contributed by atoms with Crippen LogP contribution in [0.2, 0.25) is 10.3 Å². The maximum Gasteiger partial charge on any atom is 0.508 e. The van der Waals surface area contributed by atoms with Gasteiger partial charge in [-0.2, -0.15) is 0 Å². The smallest absolute Gasteiger partial charge is 0.422 e. The highest BCUT2D eigenvalue weighted by Crippen LogP contribution is 2.15. The average molecular weight is 495 g/mol. The Balaban J connectivity index is 0.000000122. The fourth-order valence-corrected chi connectivity index (χ4v) is 3.60. The van der Waals surface area contributed by atoms with Crippen LogP contribution >= 0.6 is 23.2 Å². The Kier molecular flexibility index (Phi) is 7.19. The first-order valence-corrected chi connectivity index (χ1v) is 11.0. The van der Waals surface area contributed by atoms with E-state index in [1.807, 2.05) is 78.2 Å². The Bertz CT molecular complexity index is 1560. The monoisotopic (exact) mass is 494 g/mol. The maximum absolute atomic E-state index is 8.90. The molecule has 0 aliphatic heterocycles. The van der Waals surface area contributed by atoms with E-state index in [2.05, 4.69) is 19.9 Å². The van der Waals surface area contributed by atoms with E-state index in [4.69, 9.17) is 33.2 Å². The zero-order chi connectivity index (χ0) is 24.2. The third-order valence-electron chi connectivity index (χ3n) is 5.06. The summed E-state index contributed by atoms with van der Waals surface area (Å²) in [5.41, 5.74) is 2.80. The summed E-state index contributed by atoms with van der Waals surface area (Å²) < 4.78 is 3.78. The highest BCUT2D eigenvalue weighted by molar-refractivity contribution is 6.57. The molecule has 6 heterocycles. The molecule has 0 saturated carbocycles. The van der Waals surface area contributed by atoms with Crippen LogP contribution in [0.15, 0.2) is 73.2 Å². The molecule has 34 heavy (non-hydrogen) atoms. The van der Waals surface area contributed by atoms with Gasteiger partial charge in [0.05, 0.1) is 5.59 Å². The van der Waals surface area contributed by atoms with Crippen LogP contribution in [0.3, 0.4) is 0 Å². The van der Waals surface area contributed by atoms with E-state index < -0.39 is 7.12 Å². The Morgan fingerprint density at radius 1 is 0.706 bits per heavy atom. The van der Waals surface area contributed by atoms with E-state index in [0.717, 1.165) is 33.1 Å². The highest BCUT2D eigenvalue weighted by Gasteiger charge is 2.13. The van der Waals surface area contributed by atoms with Crippen molar-refractivity contribution >= 4 is 69.0 Å². The summed E-state index contributed by atoms with van der Waals surface area (Å²) in [6.45, 7) is 0. The Hall–Kier alpha value is -3.37. The molecule has 0 fully saturated rings. The SMILES string of the molecule is Clc1ccc2cc[nH]c2n1.Cn1ccc2ccc(B(O)O)nc21.Cn1ccc2ccc(Cl)nc21. The molecule has 0 spiro atoms. The number of aryl methyl sites for hydroxylation is 2. The van der Waals surface area contributed by atoms with Crippen LogP contribution in [0, 0.1) is 0 Å². The van der Waals surface area contributed by atoms with Crippen molar-refractivity contribution < 1.29 is 10.0 Å². The summed E-state index contributed by atoms with van der Waals surface area (Å²) in [7, 11) is 2.31. The molecule has 6 aromatic rings. The van der Waals surface area contributed by atoms with E-state index in [1.165, 1.54) is 0 Å². The van der Waals surface area contributed by atoms with Gasteiger partial charge in [0.2, 0.25) is 0 Å². The number of pyridine rings is 3. The minimum Gasteiger partial charge on any atom is -0.422 e. The topological polar surface area (TPSA) is 105 Å². The molecule has 0 aliphatic rings. The van der Waals surface area contributed by atoms with E-state index >= 15 is 0 Å². The first-order valence-electron chi connectivity index (χ1n) is 10.3. The number of fused-ring (bicyclic) bond motifs is 3. The molecule has 8 nitrogen and oxygen atoms in total. The molecule has 0 aliphatic carbocycles. The third kappa shape index (κ3) is 5.40. The number of hydrogen-bond donors (Lipinski definition) is 3. The molecule has 0 amide bonds. The summed E-state index contributed by atoms with van der Waals surface area (Å²) >= 11 is 11.4. The summed E-state index contributed by atoms with van der Waals surface area (Å²) in [4.78, 5) is 15.3. The minimum absolute atomic E-state index is 0.273. The molecule has 6 rings (SSSR count). The Morgan fingerprint density at radius 3 is 1.91 bits per heavy atom. The van der Waals surface area contributed by atoms with Crippen LogP contribution in [-0.4, -0.2) is 46.2 Å². The number of nitrogens with zero attached hydrogens (tertiary/aromatic N) is 5. The number of hydrogen-bond acceptors (Lipinski definition) is 5. The fraction of sp³-hybridized carbons (Fsp3) is 0.0870. The van der Waals surface area contributed by atoms with Gasteiger partial charge >= 0.3 is 7.12 Å². The standard InChI is InChI=1S/C8H9BN2O2.C8H7ClN2.C7H5ClN2/c1-11-5-4-6-2-3-7(9(12)13)10-8(6)11;1-11-5-4-6-2-3-7(9)10-8(6)11;8-6-2-1-5-3-4-9-7(5)10-6/h2-5,12-13H,1H3;2-5H,1H3;1-4H,(H,9,10).